The summed E-state index contributed by atoms with van der Waals surface area (Å²) in [6.07, 6.45) is 1.72. The van der Waals surface area contributed by atoms with Crippen LogP contribution in [0.15, 0.2) is 18.2 Å². The summed E-state index contributed by atoms with van der Waals surface area (Å²) in [4.78, 5) is 11.2. The largest absolute Gasteiger partial charge is 0.487 e. The van der Waals surface area contributed by atoms with Crippen molar-refractivity contribution in [1.82, 2.24) is 15.0 Å². The van der Waals surface area contributed by atoms with E-state index < -0.39 is 0 Å². The van der Waals surface area contributed by atoms with Crippen LogP contribution in [0.3, 0.4) is 0 Å². The first-order valence-corrected chi connectivity index (χ1v) is 7.59. The van der Waals surface area contributed by atoms with Gasteiger partial charge in [-0.25, -0.2) is 4.68 Å². The highest BCUT2D eigenvalue weighted by atomic mass is 16.5. The molecule has 0 spiro atoms. The number of ether oxygens (including phenoxy) is 1. The molecule has 0 bridgehead atoms. The van der Waals surface area contributed by atoms with Crippen LogP contribution in [0, 0.1) is 19.8 Å². The lowest BCUT2D eigenvalue weighted by atomic mass is 10.1. The van der Waals surface area contributed by atoms with Crippen LogP contribution < -0.4 is 4.74 Å². The highest BCUT2D eigenvalue weighted by Gasteiger charge is 2.14. The highest BCUT2D eigenvalue weighted by molar-refractivity contribution is 5.73. The van der Waals surface area contributed by atoms with Crippen molar-refractivity contribution in [2.75, 3.05) is 0 Å². The molecular weight excluding hydrogens is 278 g/mol. The number of carbonyl (C=O) groups excluding carboxylic acids is 1. The molecule has 0 unspecified atom stereocenters. The highest BCUT2D eigenvalue weighted by Crippen LogP contribution is 2.23. The lowest BCUT2D eigenvalue weighted by Gasteiger charge is -2.13. The second-order valence-electron chi connectivity index (χ2n) is 5.95. The van der Waals surface area contributed by atoms with Crippen molar-refractivity contribution < 1.29 is 9.53 Å². The Labute approximate surface area is 131 Å². The third-order valence-corrected chi connectivity index (χ3v) is 3.66. The third-order valence-electron chi connectivity index (χ3n) is 3.66. The zero-order valence-corrected chi connectivity index (χ0v) is 13.7. The molecule has 0 saturated heterocycles. The van der Waals surface area contributed by atoms with Gasteiger partial charge in [0, 0.05) is 6.54 Å². The summed E-state index contributed by atoms with van der Waals surface area (Å²) in [5.41, 5.74) is 3.25. The van der Waals surface area contributed by atoms with E-state index in [4.69, 9.17) is 4.74 Å². The molecule has 0 aliphatic rings. The molecule has 2 rings (SSSR count). The van der Waals surface area contributed by atoms with Gasteiger partial charge in [0.15, 0.2) is 12.0 Å². The Morgan fingerprint density at radius 3 is 2.55 bits per heavy atom. The Morgan fingerprint density at radius 1 is 1.27 bits per heavy atom. The number of benzene rings is 1. The average Bonchev–Trinajstić information content (AvgIpc) is 2.86. The van der Waals surface area contributed by atoms with Crippen LogP contribution in [-0.2, 0) is 13.2 Å². The Morgan fingerprint density at radius 2 is 1.95 bits per heavy atom. The van der Waals surface area contributed by atoms with Gasteiger partial charge in [0.1, 0.15) is 18.1 Å². The van der Waals surface area contributed by atoms with E-state index in [-0.39, 0.29) is 0 Å². The van der Waals surface area contributed by atoms with E-state index in [0.29, 0.717) is 18.2 Å². The summed E-state index contributed by atoms with van der Waals surface area (Å²) in [5, 5.41) is 8.01. The number of aldehydes is 1. The molecule has 22 heavy (non-hydrogen) atoms. The molecule has 0 saturated carbocycles. The maximum atomic E-state index is 11.2. The molecule has 5 nitrogen and oxygen atoms in total. The van der Waals surface area contributed by atoms with Crippen LogP contribution in [0.1, 0.15) is 47.6 Å². The minimum Gasteiger partial charge on any atom is -0.487 e. The van der Waals surface area contributed by atoms with Crippen molar-refractivity contribution in [1.29, 1.82) is 0 Å². The molecule has 0 atom stereocenters. The Kier molecular flexibility index (Phi) is 5.31. The molecule has 1 heterocycles. The minimum absolute atomic E-state index is 0.296. The van der Waals surface area contributed by atoms with Gasteiger partial charge in [-0.05, 0) is 37.3 Å². The van der Waals surface area contributed by atoms with E-state index in [0.717, 1.165) is 41.8 Å². The normalized spacial score (nSPS) is 11.0. The Bertz CT molecular complexity index is 627. The van der Waals surface area contributed by atoms with E-state index in [9.17, 15) is 4.79 Å². The number of rotatable bonds is 7. The molecule has 2 aromatic rings. The fourth-order valence-electron chi connectivity index (χ4n) is 2.31. The first kappa shape index (κ1) is 16.2. The zero-order chi connectivity index (χ0) is 16.1. The van der Waals surface area contributed by atoms with Crippen LogP contribution in [0.5, 0.6) is 5.75 Å². The molecule has 0 fully saturated rings. The number of aryl methyl sites for hydroxylation is 3. The topological polar surface area (TPSA) is 57.0 Å². The van der Waals surface area contributed by atoms with E-state index >= 15 is 0 Å². The predicted molar refractivity (Wildman–Crippen MR) is 85.1 cm³/mol. The van der Waals surface area contributed by atoms with Gasteiger partial charge >= 0.3 is 0 Å². The number of para-hydroxylation sites is 1. The van der Waals surface area contributed by atoms with Gasteiger partial charge in [0.2, 0.25) is 0 Å². The van der Waals surface area contributed by atoms with Gasteiger partial charge in [0.05, 0.1) is 0 Å². The number of aromatic nitrogens is 3. The zero-order valence-electron chi connectivity index (χ0n) is 13.7. The molecule has 0 radical (unpaired) electrons. The van der Waals surface area contributed by atoms with Gasteiger partial charge in [-0.1, -0.05) is 37.3 Å². The summed E-state index contributed by atoms with van der Waals surface area (Å²) in [7, 11) is 0. The maximum Gasteiger partial charge on any atom is 0.172 e. The van der Waals surface area contributed by atoms with Crippen LogP contribution in [0.4, 0.5) is 0 Å². The van der Waals surface area contributed by atoms with Crippen molar-refractivity contribution in [3.63, 3.8) is 0 Å². The number of carbonyl (C=O) groups is 1. The summed E-state index contributed by atoms with van der Waals surface area (Å²) >= 11 is 0. The van der Waals surface area contributed by atoms with Crippen LogP contribution in [0.25, 0.3) is 0 Å². The summed E-state index contributed by atoms with van der Waals surface area (Å²) in [5.74, 6) is 1.42. The summed E-state index contributed by atoms with van der Waals surface area (Å²) < 4.78 is 7.72. The monoisotopic (exact) mass is 301 g/mol. The van der Waals surface area contributed by atoms with Crippen molar-refractivity contribution in [3.8, 4) is 5.75 Å². The van der Waals surface area contributed by atoms with Crippen molar-refractivity contribution in [2.24, 2.45) is 5.92 Å². The third kappa shape index (κ3) is 3.72. The summed E-state index contributed by atoms with van der Waals surface area (Å²) in [6.45, 7) is 9.37. The standard InChI is InChI=1S/C17H23N3O2/c1-12(2)8-9-20-16(15(10-21)18-19-20)11-22-17-13(3)6-5-7-14(17)4/h5-7,10,12H,8-9,11H2,1-4H3. The van der Waals surface area contributed by atoms with Gasteiger partial charge in [0.25, 0.3) is 0 Å². The smallest absolute Gasteiger partial charge is 0.172 e. The fraction of sp³-hybridized carbons (Fsp3) is 0.471. The van der Waals surface area contributed by atoms with Crippen LogP contribution >= 0.6 is 0 Å². The molecule has 0 aliphatic heterocycles. The molecule has 118 valence electrons. The molecular formula is C17H23N3O2. The maximum absolute atomic E-state index is 11.2. The predicted octanol–water partition coefficient (Wildman–Crippen LogP) is 3.33. The van der Waals surface area contributed by atoms with Crippen LogP contribution in [0.2, 0.25) is 0 Å². The molecule has 1 aromatic carbocycles. The quantitative estimate of drug-likeness (QED) is 0.736. The molecule has 0 amide bonds. The van der Waals surface area contributed by atoms with Crippen molar-refractivity contribution >= 4 is 6.29 Å². The first-order chi connectivity index (χ1) is 10.5. The number of hydrogen-bond acceptors (Lipinski definition) is 4. The molecule has 0 aliphatic carbocycles. The van der Waals surface area contributed by atoms with Crippen molar-refractivity contribution in [2.45, 2.75) is 47.3 Å². The number of nitrogens with zero attached hydrogens (tertiary/aromatic N) is 3. The van der Waals surface area contributed by atoms with Gasteiger partial charge in [-0.3, -0.25) is 4.79 Å². The molecule has 0 N–H and O–H groups in total. The van der Waals surface area contributed by atoms with Crippen LogP contribution in [-0.4, -0.2) is 21.3 Å². The average molecular weight is 301 g/mol. The second-order valence-corrected chi connectivity index (χ2v) is 5.95. The lowest BCUT2D eigenvalue weighted by Crippen LogP contribution is -2.11. The van der Waals surface area contributed by atoms with Gasteiger partial charge < -0.3 is 4.74 Å². The molecule has 5 heteroatoms. The Balaban J connectivity index is 2.17. The Hall–Kier alpha value is -2.17. The van der Waals surface area contributed by atoms with Crippen molar-refractivity contribution in [3.05, 3.63) is 40.7 Å². The summed E-state index contributed by atoms with van der Waals surface area (Å²) in [6, 6.07) is 6.03. The van der Waals surface area contributed by atoms with Gasteiger partial charge in [-0.15, -0.1) is 5.10 Å². The van der Waals surface area contributed by atoms with E-state index in [2.05, 4.69) is 24.2 Å². The van der Waals surface area contributed by atoms with E-state index in [1.165, 1.54) is 0 Å². The van der Waals surface area contributed by atoms with E-state index in [1.54, 1.807) is 4.68 Å². The SMILES string of the molecule is Cc1cccc(C)c1OCc1c(C=O)nnn1CCC(C)C. The van der Waals surface area contributed by atoms with E-state index in [1.807, 2.05) is 32.0 Å². The molecule has 1 aromatic heterocycles. The minimum atomic E-state index is 0.296. The first-order valence-electron chi connectivity index (χ1n) is 7.59. The second kappa shape index (κ2) is 7.20. The lowest BCUT2D eigenvalue weighted by molar-refractivity contribution is 0.111. The van der Waals surface area contributed by atoms with Gasteiger partial charge in [-0.2, -0.15) is 0 Å². The number of hydrogen-bond donors (Lipinski definition) is 0. The fourth-order valence-corrected chi connectivity index (χ4v) is 2.31.